The van der Waals surface area contributed by atoms with Crippen LogP contribution in [0.2, 0.25) is 0 Å². The highest BCUT2D eigenvalue weighted by Crippen LogP contribution is 2.22. The van der Waals surface area contributed by atoms with E-state index in [-0.39, 0.29) is 24.0 Å². The molecule has 2 atom stereocenters. The minimum absolute atomic E-state index is 0.271. The highest BCUT2D eigenvalue weighted by molar-refractivity contribution is 5.82. The lowest BCUT2D eigenvalue weighted by Gasteiger charge is -2.28. The zero-order chi connectivity index (χ0) is 11.4. The van der Waals surface area contributed by atoms with Gasteiger partial charge in [0.05, 0.1) is 13.2 Å². The summed E-state index contributed by atoms with van der Waals surface area (Å²) in [7, 11) is 1.37. The van der Waals surface area contributed by atoms with Gasteiger partial charge in [-0.15, -0.1) is 0 Å². The molecule has 1 saturated heterocycles. The van der Waals surface area contributed by atoms with Crippen LogP contribution in [0.3, 0.4) is 0 Å². The van der Waals surface area contributed by atoms with Crippen LogP contribution in [0.4, 0.5) is 0 Å². The molecule has 0 radical (unpaired) electrons. The van der Waals surface area contributed by atoms with Crippen molar-refractivity contribution in [3.8, 4) is 0 Å². The zero-order valence-corrected chi connectivity index (χ0v) is 9.23. The average Bonchev–Trinajstić information content (AvgIpc) is 2.66. The second-order valence-electron chi connectivity index (χ2n) is 3.75. The van der Waals surface area contributed by atoms with E-state index in [0.717, 1.165) is 19.4 Å². The number of hydrogen-bond acceptors (Lipinski definition) is 4. The summed E-state index contributed by atoms with van der Waals surface area (Å²) in [5, 5.41) is 0. The topological polar surface area (TPSA) is 72.6 Å². The van der Waals surface area contributed by atoms with E-state index in [1.54, 1.807) is 0 Å². The number of ether oxygens (including phenoxy) is 1. The number of carbonyl (C=O) groups excluding carboxylic acids is 2. The number of hydrogen-bond donors (Lipinski definition) is 1. The highest BCUT2D eigenvalue weighted by Gasteiger charge is 2.37. The Balaban J connectivity index is 2.74. The smallest absolute Gasteiger partial charge is 0.323 e. The van der Waals surface area contributed by atoms with Gasteiger partial charge in [0.15, 0.2) is 0 Å². The molecule has 0 aromatic rings. The molecule has 15 heavy (non-hydrogen) atoms. The standard InChI is InChI=1S/C10H18N2O3/c1-3-7(9(11)13)12-6-4-5-8(12)10(14)15-2/h7-8H,3-6H2,1-2H3,(H2,11,13). The Morgan fingerprint density at radius 3 is 2.73 bits per heavy atom. The molecule has 1 aliphatic heterocycles. The number of nitrogens with two attached hydrogens (primary N) is 1. The van der Waals surface area contributed by atoms with Crippen molar-refractivity contribution >= 4 is 11.9 Å². The highest BCUT2D eigenvalue weighted by atomic mass is 16.5. The van der Waals surface area contributed by atoms with Crippen molar-refractivity contribution in [2.24, 2.45) is 5.73 Å². The van der Waals surface area contributed by atoms with Gasteiger partial charge in [-0.25, -0.2) is 0 Å². The van der Waals surface area contributed by atoms with Crippen molar-refractivity contribution in [2.45, 2.75) is 38.3 Å². The quantitative estimate of drug-likeness (QED) is 0.663. The molecule has 5 nitrogen and oxygen atoms in total. The predicted molar refractivity (Wildman–Crippen MR) is 55.0 cm³/mol. The molecule has 0 aromatic carbocycles. The summed E-state index contributed by atoms with van der Waals surface area (Å²) >= 11 is 0. The van der Waals surface area contributed by atoms with Gasteiger partial charge in [-0.3, -0.25) is 14.5 Å². The number of primary amides is 1. The molecule has 2 N–H and O–H groups in total. The van der Waals surface area contributed by atoms with E-state index >= 15 is 0 Å². The van der Waals surface area contributed by atoms with Crippen LogP contribution in [-0.2, 0) is 14.3 Å². The fourth-order valence-corrected chi connectivity index (χ4v) is 2.15. The Morgan fingerprint density at radius 2 is 2.27 bits per heavy atom. The maximum Gasteiger partial charge on any atom is 0.323 e. The van der Waals surface area contributed by atoms with Gasteiger partial charge < -0.3 is 10.5 Å². The Hall–Kier alpha value is -1.10. The summed E-state index contributed by atoms with van der Waals surface area (Å²) in [6, 6.07) is -0.649. The summed E-state index contributed by atoms with van der Waals surface area (Å²) in [5.41, 5.74) is 5.30. The number of carbonyl (C=O) groups is 2. The lowest BCUT2D eigenvalue weighted by atomic mass is 10.1. The van der Waals surface area contributed by atoms with Crippen LogP contribution in [-0.4, -0.2) is 42.5 Å². The number of likely N-dealkylation sites (tertiary alicyclic amines) is 1. The fraction of sp³-hybridized carbons (Fsp3) is 0.800. The van der Waals surface area contributed by atoms with Crippen molar-refractivity contribution in [1.29, 1.82) is 0 Å². The molecule has 5 heteroatoms. The van der Waals surface area contributed by atoms with Crippen molar-refractivity contribution in [3.05, 3.63) is 0 Å². The van der Waals surface area contributed by atoms with E-state index < -0.39 is 0 Å². The number of methoxy groups -OCH3 is 1. The van der Waals surface area contributed by atoms with Gasteiger partial charge in [-0.05, 0) is 25.8 Å². The van der Waals surface area contributed by atoms with Crippen LogP contribution >= 0.6 is 0 Å². The lowest BCUT2D eigenvalue weighted by molar-refractivity contribution is -0.147. The van der Waals surface area contributed by atoms with Crippen LogP contribution in [0.5, 0.6) is 0 Å². The first kappa shape index (κ1) is 12.0. The minimum Gasteiger partial charge on any atom is -0.468 e. The third-order valence-corrected chi connectivity index (χ3v) is 2.88. The Kier molecular flexibility index (Phi) is 4.08. The van der Waals surface area contributed by atoms with Crippen molar-refractivity contribution in [2.75, 3.05) is 13.7 Å². The Labute approximate surface area is 89.6 Å². The minimum atomic E-state index is -0.367. The van der Waals surface area contributed by atoms with Gasteiger partial charge in [0, 0.05) is 0 Å². The van der Waals surface area contributed by atoms with E-state index in [2.05, 4.69) is 0 Å². The molecule has 0 spiro atoms. The fourth-order valence-electron chi connectivity index (χ4n) is 2.15. The molecule has 1 fully saturated rings. The largest absolute Gasteiger partial charge is 0.468 e. The molecule has 0 aliphatic carbocycles. The maximum absolute atomic E-state index is 11.5. The van der Waals surface area contributed by atoms with Crippen LogP contribution in [0, 0.1) is 0 Å². The number of nitrogens with zero attached hydrogens (tertiary/aromatic N) is 1. The first-order valence-corrected chi connectivity index (χ1v) is 5.24. The Morgan fingerprint density at radius 1 is 1.60 bits per heavy atom. The van der Waals surface area contributed by atoms with E-state index in [1.807, 2.05) is 11.8 Å². The molecule has 0 bridgehead atoms. The second kappa shape index (κ2) is 5.11. The monoisotopic (exact) mass is 214 g/mol. The number of esters is 1. The first-order valence-electron chi connectivity index (χ1n) is 5.24. The van der Waals surface area contributed by atoms with Crippen LogP contribution in [0.15, 0.2) is 0 Å². The van der Waals surface area contributed by atoms with Crippen LogP contribution < -0.4 is 5.73 Å². The first-order chi connectivity index (χ1) is 7.11. The van der Waals surface area contributed by atoms with Gasteiger partial charge in [-0.2, -0.15) is 0 Å². The predicted octanol–water partition coefficient (Wildman–Crippen LogP) is -0.112. The summed E-state index contributed by atoms with van der Waals surface area (Å²) in [6.07, 6.45) is 2.28. The third-order valence-electron chi connectivity index (χ3n) is 2.88. The molecule has 1 rings (SSSR count). The van der Waals surface area contributed by atoms with E-state index in [4.69, 9.17) is 10.5 Å². The molecule has 1 heterocycles. The average molecular weight is 214 g/mol. The molecule has 1 amide bonds. The summed E-state index contributed by atoms with van der Waals surface area (Å²) in [4.78, 5) is 24.5. The lowest BCUT2D eigenvalue weighted by Crippen LogP contribution is -2.49. The van der Waals surface area contributed by atoms with Crippen LogP contribution in [0.25, 0.3) is 0 Å². The summed E-state index contributed by atoms with van der Waals surface area (Å²) < 4.78 is 4.71. The third kappa shape index (κ3) is 2.47. The molecule has 0 aromatic heterocycles. The van der Waals surface area contributed by atoms with Crippen molar-refractivity contribution < 1.29 is 14.3 Å². The molecule has 86 valence electrons. The zero-order valence-electron chi connectivity index (χ0n) is 9.23. The SMILES string of the molecule is CCC(C(N)=O)N1CCCC1C(=O)OC. The molecular formula is C10H18N2O3. The van der Waals surface area contributed by atoms with Gasteiger partial charge >= 0.3 is 5.97 Å². The van der Waals surface area contributed by atoms with E-state index in [0.29, 0.717) is 6.42 Å². The second-order valence-corrected chi connectivity index (χ2v) is 3.75. The summed E-state index contributed by atoms with van der Waals surface area (Å²) in [6.45, 7) is 2.63. The Bertz CT molecular complexity index is 255. The van der Waals surface area contributed by atoms with Gasteiger partial charge in [0.2, 0.25) is 5.91 Å². The summed E-state index contributed by atoms with van der Waals surface area (Å²) in [5.74, 6) is -0.638. The molecule has 1 aliphatic rings. The van der Waals surface area contributed by atoms with E-state index in [9.17, 15) is 9.59 Å². The van der Waals surface area contributed by atoms with Gasteiger partial charge in [-0.1, -0.05) is 6.92 Å². The maximum atomic E-state index is 11.5. The van der Waals surface area contributed by atoms with Gasteiger partial charge in [0.25, 0.3) is 0 Å². The molecule has 0 saturated carbocycles. The van der Waals surface area contributed by atoms with Crippen molar-refractivity contribution in [3.63, 3.8) is 0 Å². The van der Waals surface area contributed by atoms with E-state index in [1.165, 1.54) is 7.11 Å². The van der Waals surface area contributed by atoms with Gasteiger partial charge in [0.1, 0.15) is 6.04 Å². The molecular weight excluding hydrogens is 196 g/mol. The normalized spacial score (nSPS) is 23.7. The van der Waals surface area contributed by atoms with Crippen LogP contribution in [0.1, 0.15) is 26.2 Å². The number of rotatable bonds is 4. The molecule has 2 unspecified atom stereocenters. The number of amides is 1. The van der Waals surface area contributed by atoms with Crippen molar-refractivity contribution in [1.82, 2.24) is 4.90 Å².